The third-order valence-electron chi connectivity index (χ3n) is 1.31. The number of hydrogen-bond acceptors (Lipinski definition) is 3. The van der Waals surface area contributed by atoms with Gasteiger partial charge in [0.05, 0.1) is 0 Å². The van der Waals surface area contributed by atoms with Gasteiger partial charge in [0.2, 0.25) is 0 Å². The highest BCUT2D eigenvalue weighted by Gasteiger charge is 1.97. The van der Waals surface area contributed by atoms with E-state index in [1.54, 1.807) is 12.2 Å². The molecule has 0 aromatic carbocycles. The van der Waals surface area contributed by atoms with Crippen LogP contribution in [-0.4, -0.2) is 10.7 Å². The molecule has 0 atom stereocenters. The Labute approximate surface area is 75.7 Å². The Balaban J connectivity index is 2.89. The zero-order chi connectivity index (χ0) is 8.97. The van der Waals surface area contributed by atoms with Gasteiger partial charge in [0.25, 0.3) is 0 Å². The highest BCUT2D eigenvalue weighted by molar-refractivity contribution is 7.80. The van der Waals surface area contributed by atoms with E-state index in [2.05, 4.69) is 17.6 Å². The van der Waals surface area contributed by atoms with Crippen molar-refractivity contribution in [1.82, 2.24) is 4.98 Å². The first kappa shape index (κ1) is 9.06. The summed E-state index contributed by atoms with van der Waals surface area (Å²) in [5.41, 5.74) is 5.88. The second kappa shape index (κ2) is 4.11. The maximum atomic E-state index is 12.8. The van der Waals surface area contributed by atoms with Crippen molar-refractivity contribution in [2.45, 2.75) is 0 Å². The number of nitrogens with two attached hydrogens (primary N) is 1. The van der Waals surface area contributed by atoms with Gasteiger partial charge in [0, 0.05) is 11.9 Å². The molecule has 0 aliphatic rings. The number of hydrogen-bond donors (Lipinski definition) is 2. The van der Waals surface area contributed by atoms with Crippen LogP contribution in [0.4, 0.5) is 10.2 Å². The molecular weight excluding hydrogens is 175 g/mol. The molecule has 0 aliphatic carbocycles. The van der Waals surface area contributed by atoms with Gasteiger partial charge in [-0.25, -0.2) is 9.37 Å². The molecule has 1 heterocycles. The molecule has 64 valence electrons. The standard InChI is InChI=1S/C8H9FN2S/c9-7-4-6(2-1-3-12)5-11-8(7)10/h1-2,4-5,12H,3H2,(H2,10,11). The second-order valence-electron chi connectivity index (χ2n) is 2.22. The van der Waals surface area contributed by atoms with Crippen molar-refractivity contribution in [3.8, 4) is 0 Å². The van der Waals surface area contributed by atoms with Gasteiger partial charge < -0.3 is 5.73 Å². The summed E-state index contributed by atoms with van der Waals surface area (Å²) in [7, 11) is 0. The van der Waals surface area contributed by atoms with Crippen LogP contribution in [0.1, 0.15) is 5.56 Å². The molecule has 1 aromatic heterocycles. The van der Waals surface area contributed by atoms with Crippen LogP contribution < -0.4 is 5.73 Å². The molecule has 0 amide bonds. The predicted molar refractivity (Wildman–Crippen MR) is 51.5 cm³/mol. The van der Waals surface area contributed by atoms with Crippen LogP contribution in [0.5, 0.6) is 0 Å². The number of halogens is 1. The molecule has 1 rings (SSSR count). The zero-order valence-electron chi connectivity index (χ0n) is 6.37. The van der Waals surface area contributed by atoms with Gasteiger partial charge in [0.15, 0.2) is 11.6 Å². The van der Waals surface area contributed by atoms with Crippen LogP contribution in [0.25, 0.3) is 6.08 Å². The minimum atomic E-state index is -0.490. The van der Waals surface area contributed by atoms with Crippen LogP contribution >= 0.6 is 12.6 Å². The molecule has 12 heavy (non-hydrogen) atoms. The van der Waals surface area contributed by atoms with Gasteiger partial charge in [-0.2, -0.15) is 12.6 Å². The Kier molecular flexibility index (Phi) is 3.10. The lowest BCUT2D eigenvalue weighted by Gasteiger charge is -1.95. The Bertz CT molecular complexity index is 299. The largest absolute Gasteiger partial charge is 0.381 e. The Hall–Kier alpha value is -1.03. The number of aromatic nitrogens is 1. The van der Waals surface area contributed by atoms with Crippen molar-refractivity contribution in [3.05, 3.63) is 29.7 Å². The fourth-order valence-electron chi connectivity index (χ4n) is 0.743. The third kappa shape index (κ3) is 2.23. The highest BCUT2D eigenvalue weighted by atomic mass is 32.1. The van der Waals surface area contributed by atoms with Crippen LogP contribution in [-0.2, 0) is 0 Å². The smallest absolute Gasteiger partial charge is 0.165 e. The van der Waals surface area contributed by atoms with Crippen molar-refractivity contribution < 1.29 is 4.39 Å². The van der Waals surface area contributed by atoms with E-state index in [1.807, 2.05) is 0 Å². The van der Waals surface area contributed by atoms with E-state index in [9.17, 15) is 4.39 Å². The van der Waals surface area contributed by atoms with E-state index in [0.717, 1.165) is 0 Å². The molecule has 0 aliphatic heterocycles. The van der Waals surface area contributed by atoms with Crippen molar-refractivity contribution in [2.24, 2.45) is 0 Å². The Morgan fingerprint density at radius 2 is 2.42 bits per heavy atom. The zero-order valence-corrected chi connectivity index (χ0v) is 7.26. The van der Waals surface area contributed by atoms with Crippen LogP contribution in [0.3, 0.4) is 0 Å². The molecule has 0 bridgehead atoms. The van der Waals surface area contributed by atoms with Gasteiger partial charge in [0.1, 0.15) is 0 Å². The molecule has 0 saturated heterocycles. The number of nitrogen functional groups attached to an aromatic ring is 1. The van der Waals surface area contributed by atoms with E-state index in [0.29, 0.717) is 11.3 Å². The maximum Gasteiger partial charge on any atom is 0.165 e. The lowest BCUT2D eigenvalue weighted by atomic mass is 10.2. The van der Waals surface area contributed by atoms with Crippen molar-refractivity contribution >= 4 is 24.5 Å². The molecule has 4 heteroatoms. The summed E-state index contributed by atoms with van der Waals surface area (Å²) in [6.45, 7) is 0. The normalized spacial score (nSPS) is 10.8. The Morgan fingerprint density at radius 3 is 3.00 bits per heavy atom. The van der Waals surface area contributed by atoms with Gasteiger partial charge in [-0.1, -0.05) is 12.2 Å². The molecule has 2 N–H and O–H groups in total. The number of rotatable bonds is 2. The molecule has 0 spiro atoms. The monoisotopic (exact) mass is 184 g/mol. The lowest BCUT2D eigenvalue weighted by molar-refractivity contribution is 0.627. The van der Waals surface area contributed by atoms with Crippen LogP contribution in [0.2, 0.25) is 0 Å². The molecule has 0 fully saturated rings. The van der Waals surface area contributed by atoms with Crippen molar-refractivity contribution in [1.29, 1.82) is 0 Å². The van der Waals surface area contributed by atoms with Gasteiger partial charge >= 0.3 is 0 Å². The van der Waals surface area contributed by atoms with Crippen molar-refractivity contribution in [3.63, 3.8) is 0 Å². The summed E-state index contributed by atoms with van der Waals surface area (Å²) >= 11 is 3.97. The first-order valence-electron chi connectivity index (χ1n) is 3.42. The number of nitrogens with zero attached hydrogens (tertiary/aromatic N) is 1. The molecule has 0 unspecified atom stereocenters. The highest BCUT2D eigenvalue weighted by Crippen LogP contribution is 2.09. The van der Waals surface area contributed by atoms with Gasteiger partial charge in [-0.15, -0.1) is 0 Å². The molecule has 1 aromatic rings. The number of anilines is 1. The predicted octanol–water partition coefficient (Wildman–Crippen LogP) is 1.75. The first-order valence-corrected chi connectivity index (χ1v) is 4.05. The summed E-state index contributed by atoms with van der Waals surface area (Å²) in [6, 6.07) is 1.34. The quantitative estimate of drug-likeness (QED) is 0.687. The van der Waals surface area contributed by atoms with E-state index in [1.165, 1.54) is 12.3 Å². The fraction of sp³-hybridized carbons (Fsp3) is 0.125. The molecule has 0 radical (unpaired) electrons. The van der Waals surface area contributed by atoms with E-state index in [4.69, 9.17) is 5.73 Å². The first-order chi connectivity index (χ1) is 5.74. The second-order valence-corrected chi connectivity index (χ2v) is 2.59. The Morgan fingerprint density at radius 1 is 1.67 bits per heavy atom. The average molecular weight is 184 g/mol. The SMILES string of the molecule is Nc1ncc(C=CCS)cc1F. The summed E-state index contributed by atoms with van der Waals surface area (Å²) < 4.78 is 12.8. The topological polar surface area (TPSA) is 38.9 Å². The van der Waals surface area contributed by atoms with Gasteiger partial charge in [-0.3, -0.25) is 0 Å². The number of thiol groups is 1. The van der Waals surface area contributed by atoms with Gasteiger partial charge in [-0.05, 0) is 11.6 Å². The molecular formula is C8H9FN2S. The van der Waals surface area contributed by atoms with Crippen LogP contribution in [0.15, 0.2) is 18.3 Å². The summed E-state index contributed by atoms with van der Waals surface area (Å²) in [5, 5.41) is 0. The summed E-state index contributed by atoms with van der Waals surface area (Å²) in [4.78, 5) is 3.66. The van der Waals surface area contributed by atoms with Crippen molar-refractivity contribution in [2.75, 3.05) is 11.5 Å². The van der Waals surface area contributed by atoms with E-state index < -0.39 is 5.82 Å². The lowest BCUT2D eigenvalue weighted by Crippen LogP contribution is -1.94. The summed E-state index contributed by atoms with van der Waals surface area (Å²) in [5.74, 6) is 0.0563. The fourth-order valence-corrected chi connectivity index (χ4v) is 0.849. The van der Waals surface area contributed by atoms with E-state index in [-0.39, 0.29) is 5.82 Å². The molecule has 0 saturated carbocycles. The number of pyridine rings is 1. The summed E-state index contributed by atoms with van der Waals surface area (Å²) in [6.07, 6.45) is 5.05. The molecule has 2 nitrogen and oxygen atoms in total. The minimum Gasteiger partial charge on any atom is -0.381 e. The van der Waals surface area contributed by atoms with Crippen LogP contribution in [0, 0.1) is 5.82 Å². The average Bonchev–Trinajstić information content (AvgIpc) is 2.07. The minimum absolute atomic E-state index is 0.0713. The third-order valence-corrected chi connectivity index (χ3v) is 1.52. The van der Waals surface area contributed by atoms with E-state index >= 15 is 0 Å². The maximum absolute atomic E-state index is 12.8.